The zero-order valence-corrected chi connectivity index (χ0v) is 12.5. The first kappa shape index (κ1) is 14.1. The summed E-state index contributed by atoms with van der Waals surface area (Å²) in [7, 11) is 0. The molecule has 2 N–H and O–H groups in total. The molecule has 3 aromatic heterocycles. The standard InChI is InChI=1S/C13H11N5O3S/c1-6-7(2)16-11-10(6)12(15-5-14-11)17-13(19)8-3-4-9(22-8)18(20)21/h3-5H,1-2H3,(H2,14,15,16,17,19). The molecule has 0 fully saturated rings. The summed E-state index contributed by atoms with van der Waals surface area (Å²) in [6, 6.07) is 2.73. The van der Waals surface area contributed by atoms with Crippen molar-refractivity contribution in [2.24, 2.45) is 0 Å². The molecule has 8 nitrogen and oxygen atoms in total. The lowest BCUT2D eigenvalue weighted by Gasteiger charge is -2.04. The van der Waals surface area contributed by atoms with Gasteiger partial charge in [-0.2, -0.15) is 0 Å². The van der Waals surface area contributed by atoms with Gasteiger partial charge in [-0.15, -0.1) is 0 Å². The zero-order chi connectivity index (χ0) is 15.9. The topological polar surface area (TPSA) is 114 Å². The molecule has 0 saturated carbocycles. The maximum Gasteiger partial charge on any atom is 0.324 e. The van der Waals surface area contributed by atoms with Crippen molar-refractivity contribution in [2.75, 3.05) is 5.32 Å². The highest BCUT2D eigenvalue weighted by Gasteiger charge is 2.18. The first-order chi connectivity index (χ1) is 10.5. The molecule has 0 spiro atoms. The number of H-pyrrole nitrogens is 1. The Morgan fingerprint density at radius 1 is 1.36 bits per heavy atom. The zero-order valence-electron chi connectivity index (χ0n) is 11.7. The van der Waals surface area contributed by atoms with E-state index in [4.69, 9.17) is 0 Å². The van der Waals surface area contributed by atoms with Gasteiger partial charge in [0, 0.05) is 11.8 Å². The fourth-order valence-electron chi connectivity index (χ4n) is 2.11. The van der Waals surface area contributed by atoms with E-state index in [0.717, 1.165) is 28.0 Å². The van der Waals surface area contributed by atoms with Crippen LogP contribution in [0.4, 0.5) is 10.8 Å². The van der Waals surface area contributed by atoms with Crippen molar-refractivity contribution >= 4 is 39.1 Å². The highest BCUT2D eigenvalue weighted by atomic mass is 32.1. The van der Waals surface area contributed by atoms with Crippen LogP contribution < -0.4 is 5.32 Å². The lowest BCUT2D eigenvalue weighted by molar-refractivity contribution is -0.380. The van der Waals surface area contributed by atoms with E-state index in [2.05, 4.69) is 20.3 Å². The first-order valence-electron chi connectivity index (χ1n) is 6.33. The van der Waals surface area contributed by atoms with Crippen LogP contribution in [0.3, 0.4) is 0 Å². The number of fused-ring (bicyclic) bond motifs is 1. The molecule has 9 heteroatoms. The predicted molar refractivity (Wildman–Crippen MR) is 82.3 cm³/mol. The summed E-state index contributed by atoms with van der Waals surface area (Å²) >= 11 is 0.821. The Bertz CT molecular complexity index is 898. The van der Waals surface area contributed by atoms with E-state index < -0.39 is 10.8 Å². The van der Waals surface area contributed by atoms with E-state index in [1.807, 2.05) is 13.8 Å². The predicted octanol–water partition coefficient (Wildman–Crippen LogP) is 2.80. The third kappa shape index (κ3) is 2.31. The highest BCUT2D eigenvalue weighted by Crippen LogP contribution is 2.28. The van der Waals surface area contributed by atoms with Crippen molar-refractivity contribution in [1.82, 2.24) is 15.0 Å². The number of anilines is 1. The number of carbonyl (C=O) groups is 1. The second-order valence-corrected chi connectivity index (χ2v) is 5.73. The van der Waals surface area contributed by atoms with Gasteiger partial charge in [0.05, 0.1) is 15.2 Å². The minimum absolute atomic E-state index is 0.0772. The average Bonchev–Trinajstić information content (AvgIpc) is 3.06. The molecule has 0 aromatic carbocycles. The van der Waals surface area contributed by atoms with E-state index in [-0.39, 0.29) is 9.88 Å². The molecule has 22 heavy (non-hydrogen) atoms. The van der Waals surface area contributed by atoms with Crippen LogP contribution in [-0.4, -0.2) is 25.8 Å². The number of aromatic amines is 1. The molecule has 0 aliphatic carbocycles. The van der Waals surface area contributed by atoms with Crippen LogP contribution in [-0.2, 0) is 0 Å². The summed E-state index contributed by atoms with van der Waals surface area (Å²) in [5, 5.41) is 14.0. The summed E-state index contributed by atoms with van der Waals surface area (Å²) in [6.45, 7) is 3.81. The van der Waals surface area contributed by atoms with Gasteiger partial charge < -0.3 is 10.3 Å². The quantitative estimate of drug-likeness (QED) is 0.569. The highest BCUT2D eigenvalue weighted by molar-refractivity contribution is 7.17. The number of hydrogen-bond acceptors (Lipinski definition) is 6. The van der Waals surface area contributed by atoms with Crippen LogP contribution in [0.15, 0.2) is 18.5 Å². The van der Waals surface area contributed by atoms with Crippen molar-refractivity contribution in [3.63, 3.8) is 0 Å². The molecule has 0 bridgehead atoms. The minimum Gasteiger partial charge on any atom is -0.343 e. The maximum atomic E-state index is 12.2. The van der Waals surface area contributed by atoms with Gasteiger partial charge in [0.15, 0.2) is 0 Å². The molecule has 0 aliphatic heterocycles. The number of aryl methyl sites for hydroxylation is 2. The SMILES string of the molecule is Cc1[nH]c2ncnc(NC(=O)c3ccc([N+](=O)[O-])s3)c2c1C. The molecule has 3 aromatic rings. The third-order valence-corrected chi connectivity index (χ3v) is 4.35. The molecule has 0 radical (unpaired) electrons. The van der Waals surface area contributed by atoms with Crippen LogP contribution in [0.2, 0.25) is 0 Å². The molecule has 0 aliphatic rings. The van der Waals surface area contributed by atoms with E-state index in [1.165, 1.54) is 18.5 Å². The lowest BCUT2D eigenvalue weighted by atomic mass is 10.2. The van der Waals surface area contributed by atoms with Gasteiger partial charge in [-0.1, -0.05) is 11.3 Å². The normalized spacial score (nSPS) is 10.8. The Morgan fingerprint density at radius 2 is 2.14 bits per heavy atom. The van der Waals surface area contributed by atoms with Crippen LogP contribution in [0, 0.1) is 24.0 Å². The molecule has 112 valence electrons. The van der Waals surface area contributed by atoms with Crippen molar-refractivity contribution in [2.45, 2.75) is 13.8 Å². The number of amides is 1. The first-order valence-corrected chi connectivity index (χ1v) is 7.14. The number of aromatic nitrogens is 3. The molecule has 1 amide bonds. The van der Waals surface area contributed by atoms with Crippen molar-refractivity contribution < 1.29 is 9.72 Å². The summed E-state index contributed by atoms with van der Waals surface area (Å²) in [5.74, 6) is -0.0516. The molecular weight excluding hydrogens is 306 g/mol. The van der Waals surface area contributed by atoms with Gasteiger partial charge in [-0.3, -0.25) is 14.9 Å². The maximum absolute atomic E-state index is 12.2. The Labute approximate surface area is 128 Å². The number of carbonyl (C=O) groups excluding carboxylic acids is 1. The fraction of sp³-hybridized carbons (Fsp3) is 0.154. The van der Waals surface area contributed by atoms with Gasteiger partial charge in [0.2, 0.25) is 0 Å². The van der Waals surface area contributed by atoms with E-state index in [9.17, 15) is 14.9 Å². The summed E-state index contributed by atoms with van der Waals surface area (Å²) in [6.07, 6.45) is 1.35. The van der Waals surface area contributed by atoms with Gasteiger partial charge in [-0.25, -0.2) is 9.97 Å². The molecule has 3 heterocycles. The van der Waals surface area contributed by atoms with Crippen LogP contribution in [0.25, 0.3) is 11.0 Å². The number of hydrogen-bond donors (Lipinski definition) is 2. The van der Waals surface area contributed by atoms with Crippen molar-refractivity contribution in [3.05, 3.63) is 44.7 Å². The number of thiophene rings is 1. The fourth-order valence-corrected chi connectivity index (χ4v) is 2.82. The summed E-state index contributed by atoms with van der Waals surface area (Å²) < 4.78 is 0. The molecule has 3 rings (SSSR count). The molecule has 0 atom stereocenters. The second-order valence-electron chi connectivity index (χ2n) is 4.67. The Morgan fingerprint density at radius 3 is 2.82 bits per heavy atom. The van der Waals surface area contributed by atoms with Gasteiger partial charge in [0.25, 0.3) is 5.91 Å². The largest absolute Gasteiger partial charge is 0.343 e. The van der Waals surface area contributed by atoms with Gasteiger partial charge in [-0.05, 0) is 25.5 Å². The summed E-state index contributed by atoms with van der Waals surface area (Å²) in [4.78, 5) is 34.0. The number of nitro groups is 1. The van der Waals surface area contributed by atoms with E-state index >= 15 is 0 Å². The number of nitrogens with one attached hydrogen (secondary N) is 2. The molecule has 0 saturated heterocycles. The van der Waals surface area contributed by atoms with Crippen LogP contribution >= 0.6 is 11.3 Å². The monoisotopic (exact) mass is 317 g/mol. The summed E-state index contributed by atoms with van der Waals surface area (Å²) in [5.41, 5.74) is 2.53. The average molecular weight is 317 g/mol. The Hall–Kier alpha value is -2.81. The number of nitrogens with zero attached hydrogens (tertiary/aromatic N) is 3. The van der Waals surface area contributed by atoms with Gasteiger partial charge in [0.1, 0.15) is 17.8 Å². The lowest BCUT2D eigenvalue weighted by Crippen LogP contribution is -2.12. The third-order valence-electron chi connectivity index (χ3n) is 3.32. The number of rotatable bonds is 3. The van der Waals surface area contributed by atoms with Crippen LogP contribution in [0.5, 0.6) is 0 Å². The van der Waals surface area contributed by atoms with E-state index in [0.29, 0.717) is 11.5 Å². The Kier molecular flexibility index (Phi) is 3.33. The molecule has 0 unspecified atom stereocenters. The van der Waals surface area contributed by atoms with Gasteiger partial charge >= 0.3 is 5.00 Å². The minimum atomic E-state index is -0.524. The van der Waals surface area contributed by atoms with Crippen molar-refractivity contribution in [1.29, 1.82) is 0 Å². The molecular formula is C13H11N5O3S. The second kappa shape index (κ2) is 5.19. The van der Waals surface area contributed by atoms with Crippen molar-refractivity contribution in [3.8, 4) is 0 Å². The van der Waals surface area contributed by atoms with Crippen LogP contribution in [0.1, 0.15) is 20.9 Å². The van der Waals surface area contributed by atoms with E-state index in [1.54, 1.807) is 0 Å². The smallest absolute Gasteiger partial charge is 0.324 e. The Balaban J connectivity index is 1.95.